The van der Waals surface area contributed by atoms with Crippen molar-refractivity contribution in [3.05, 3.63) is 35.9 Å². The molecular formula is C19H25N3O3. The number of esters is 1. The molecule has 1 aliphatic rings. The van der Waals surface area contributed by atoms with Gasteiger partial charge in [-0.15, -0.1) is 0 Å². The number of amides is 1. The molecule has 134 valence electrons. The van der Waals surface area contributed by atoms with E-state index >= 15 is 0 Å². The van der Waals surface area contributed by atoms with E-state index in [0.717, 1.165) is 12.0 Å². The quantitative estimate of drug-likeness (QED) is 0.606. The van der Waals surface area contributed by atoms with Crippen LogP contribution in [0.5, 0.6) is 0 Å². The molecular weight excluding hydrogens is 318 g/mol. The van der Waals surface area contributed by atoms with Gasteiger partial charge in [0.2, 0.25) is 5.91 Å². The summed E-state index contributed by atoms with van der Waals surface area (Å²) in [4.78, 5) is 26.4. The molecule has 2 atom stereocenters. The van der Waals surface area contributed by atoms with Crippen molar-refractivity contribution in [3.8, 4) is 6.19 Å². The highest BCUT2D eigenvalue weighted by atomic mass is 16.5. The van der Waals surface area contributed by atoms with Gasteiger partial charge in [0.15, 0.2) is 6.19 Å². The van der Waals surface area contributed by atoms with Crippen molar-refractivity contribution in [2.45, 2.75) is 51.8 Å². The van der Waals surface area contributed by atoms with Crippen LogP contribution in [-0.4, -0.2) is 35.4 Å². The SMILES string of the molecule is CC(C)C[C@H](NC(=O)[C@@H]1CCCN1C#N)C(=O)OCc1ccccc1. The summed E-state index contributed by atoms with van der Waals surface area (Å²) in [5.74, 6) is -0.487. The maximum Gasteiger partial charge on any atom is 0.328 e. The molecule has 1 N–H and O–H groups in total. The number of rotatable bonds is 7. The molecule has 1 amide bonds. The van der Waals surface area contributed by atoms with E-state index in [1.165, 1.54) is 4.90 Å². The number of ether oxygens (including phenoxy) is 1. The van der Waals surface area contributed by atoms with E-state index in [9.17, 15) is 9.59 Å². The van der Waals surface area contributed by atoms with Gasteiger partial charge in [-0.25, -0.2) is 4.79 Å². The van der Waals surface area contributed by atoms with E-state index in [4.69, 9.17) is 10.00 Å². The summed E-state index contributed by atoms with van der Waals surface area (Å²) in [6.45, 7) is 4.74. The van der Waals surface area contributed by atoms with Crippen molar-refractivity contribution >= 4 is 11.9 Å². The number of carbonyl (C=O) groups is 2. The molecule has 0 spiro atoms. The van der Waals surface area contributed by atoms with Gasteiger partial charge in [-0.3, -0.25) is 9.69 Å². The summed E-state index contributed by atoms with van der Waals surface area (Å²) < 4.78 is 5.38. The van der Waals surface area contributed by atoms with Crippen molar-refractivity contribution in [3.63, 3.8) is 0 Å². The van der Waals surface area contributed by atoms with E-state index in [0.29, 0.717) is 19.4 Å². The number of hydrogen-bond acceptors (Lipinski definition) is 5. The normalized spacial score (nSPS) is 17.8. The van der Waals surface area contributed by atoms with Crippen molar-refractivity contribution in [1.82, 2.24) is 10.2 Å². The number of benzene rings is 1. The number of hydrogen-bond donors (Lipinski definition) is 1. The lowest BCUT2D eigenvalue weighted by atomic mass is 10.0. The number of carbonyl (C=O) groups excluding carboxylic acids is 2. The van der Waals surface area contributed by atoms with Gasteiger partial charge in [-0.05, 0) is 30.7 Å². The summed E-state index contributed by atoms with van der Waals surface area (Å²) in [5, 5.41) is 11.9. The summed E-state index contributed by atoms with van der Waals surface area (Å²) in [7, 11) is 0. The third-order valence-electron chi connectivity index (χ3n) is 4.22. The minimum absolute atomic E-state index is 0.178. The van der Waals surface area contributed by atoms with Crippen LogP contribution in [0.4, 0.5) is 0 Å². The lowest BCUT2D eigenvalue weighted by Crippen LogP contribution is -2.49. The minimum Gasteiger partial charge on any atom is -0.459 e. The fourth-order valence-electron chi connectivity index (χ4n) is 2.94. The molecule has 0 aliphatic carbocycles. The van der Waals surface area contributed by atoms with Gasteiger partial charge >= 0.3 is 5.97 Å². The standard InChI is InChI=1S/C19H25N3O3/c1-14(2)11-16(19(24)25-12-15-7-4-3-5-8-15)21-18(23)17-9-6-10-22(17)13-20/h3-5,7-8,14,16-17H,6,9-12H2,1-2H3,(H,21,23)/t16-,17-/m0/s1. The Morgan fingerprint density at radius 2 is 2.08 bits per heavy atom. The third-order valence-corrected chi connectivity index (χ3v) is 4.22. The van der Waals surface area contributed by atoms with Gasteiger partial charge in [-0.2, -0.15) is 5.26 Å². The van der Waals surface area contributed by atoms with Crippen LogP contribution in [0.25, 0.3) is 0 Å². The predicted octanol–water partition coefficient (Wildman–Crippen LogP) is 2.21. The van der Waals surface area contributed by atoms with E-state index in [2.05, 4.69) is 5.32 Å². The second-order valence-electron chi connectivity index (χ2n) is 6.74. The van der Waals surface area contributed by atoms with E-state index in [1.54, 1.807) is 0 Å². The summed E-state index contributed by atoms with van der Waals surface area (Å²) in [5.41, 5.74) is 0.900. The molecule has 6 nitrogen and oxygen atoms in total. The highest BCUT2D eigenvalue weighted by Crippen LogP contribution is 2.17. The predicted molar refractivity (Wildman–Crippen MR) is 93.0 cm³/mol. The average Bonchev–Trinajstić information content (AvgIpc) is 3.08. The number of nitriles is 1. The van der Waals surface area contributed by atoms with Crippen molar-refractivity contribution in [2.75, 3.05) is 6.54 Å². The molecule has 2 rings (SSSR count). The first kappa shape index (κ1) is 18.8. The van der Waals surface area contributed by atoms with Crippen LogP contribution in [0.3, 0.4) is 0 Å². The van der Waals surface area contributed by atoms with Crippen molar-refractivity contribution in [2.24, 2.45) is 5.92 Å². The van der Waals surface area contributed by atoms with Gasteiger partial charge in [0.25, 0.3) is 0 Å². The molecule has 1 saturated heterocycles. The van der Waals surface area contributed by atoms with Gasteiger partial charge in [0, 0.05) is 6.54 Å². The lowest BCUT2D eigenvalue weighted by molar-refractivity contribution is -0.150. The first-order valence-electron chi connectivity index (χ1n) is 8.68. The monoisotopic (exact) mass is 343 g/mol. The molecule has 0 aromatic heterocycles. The number of nitrogens with one attached hydrogen (secondary N) is 1. The molecule has 1 aromatic carbocycles. The highest BCUT2D eigenvalue weighted by molar-refractivity contribution is 5.87. The fourth-order valence-corrected chi connectivity index (χ4v) is 2.94. The Labute approximate surface area is 148 Å². The molecule has 1 heterocycles. The van der Waals surface area contributed by atoms with Crippen LogP contribution in [-0.2, 0) is 20.9 Å². The smallest absolute Gasteiger partial charge is 0.328 e. The molecule has 1 fully saturated rings. The second-order valence-corrected chi connectivity index (χ2v) is 6.74. The average molecular weight is 343 g/mol. The third kappa shape index (κ3) is 5.49. The van der Waals surface area contributed by atoms with Crippen LogP contribution in [0.2, 0.25) is 0 Å². The van der Waals surface area contributed by atoms with Crippen LogP contribution in [0, 0.1) is 17.4 Å². The van der Waals surface area contributed by atoms with Crippen LogP contribution >= 0.6 is 0 Å². The Morgan fingerprint density at radius 3 is 2.72 bits per heavy atom. The van der Waals surface area contributed by atoms with E-state index < -0.39 is 18.1 Å². The number of nitrogens with zero attached hydrogens (tertiary/aromatic N) is 2. The Hall–Kier alpha value is -2.55. The van der Waals surface area contributed by atoms with Gasteiger partial charge in [0.1, 0.15) is 18.7 Å². The maximum absolute atomic E-state index is 12.5. The zero-order valence-corrected chi connectivity index (χ0v) is 14.8. The first-order chi connectivity index (χ1) is 12.0. The van der Waals surface area contributed by atoms with E-state index in [1.807, 2.05) is 50.4 Å². The Morgan fingerprint density at radius 1 is 1.36 bits per heavy atom. The van der Waals surface area contributed by atoms with Crippen molar-refractivity contribution < 1.29 is 14.3 Å². The number of likely N-dealkylation sites (tertiary alicyclic amines) is 1. The fraction of sp³-hybridized carbons (Fsp3) is 0.526. The molecule has 25 heavy (non-hydrogen) atoms. The summed E-state index contributed by atoms with van der Waals surface area (Å²) >= 11 is 0. The zero-order valence-electron chi connectivity index (χ0n) is 14.8. The molecule has 0 saturated carbocycles. The lowest BCUT2D eigenvalue weighted by Gasteiger charge is -2.23. The topological polar surface area (TPSA) is 82.4 Å². The summed E-state index contributed by atoms with van der Waals surface area (Å²) in [6, 6.07) is 8.24. The van der Waals surface area contributed by atoms with Crippen molar-refractivity contribution in [1.29, 1.82) is 5.26 Å². The minimum atomic E-state index is -0.697. The largest absolute Gasteiger partial charge is 0.459 e. The molecule has 1 aliphatic heterocycles. The molecule has 0 bridgehead atoms. The molecule has 0 unspecified atom stereocenters. The molecule has 6 heteroatoms. The van der Waals surface area contributed by atoms with E-state index in [-0.39, 0.29) is 18.4 Å². The summed E-state index contributed by atoms with van der Waals surface area (Å²) in [6.07, 6.45) is 3.98. The van der Waals surface area contributed by atoms with Crippen LogP contribution in [0.15, 0.2) is 30.3 Å². The Kier molecular flexibility index (Phi) is 6.81. The van der Waals surface area contributed by atoms with Crippen LogP contribution in [0.1, 0.15) is 38.7 Å². The Balaban J connectivity index is 1.96. The first-order valence-corrected chi connectivity index (χ1v) is 8.68. The molecule has 0 radical (unpaired) electrons. The Bertz CT molecular complexity index is 625. The maximum atomic E-state index is 12.5. The second kappa shape index (κ2) is 9.07. The highest BCUT2D eigenvalue weighted by Gasteiger charge is 2.33. The zero-order chi connectivity index (χ0) is 18.2. The van der Waals surface area contributed by atoms with Gasteiger partial charge in [-0.1, -0.05) is 44.2 Å². The molecule has 1 aromatic rings. The van der Waals surface area contributed by atoms with Crippen LogP contribution < -0.4 is 5.32 Å². The van der Waals surface area contributed by atoms with Gasteiger partial charge in [0.05, 0.1) is 0 Å². The van der Waals surface area contributed by atoms with Gasteiger partial charge < -0.3 is 10.1 Å².